The first-order valence-electron chi connectivity index (χ1n) is 18.6. The second-order valence-corrected chi connectivity index (χ2v) is 16.6. The van der Waals surface area contributed by atoms with Gasteiger partial charge in [-0.25, -0.2) is 14.8 Å². The Hall–Kier alpha value is -5.08. The maximum Gasteiger partial charge on any atom is 0.315 e. The van der Waals surface area contributed by atoms with Crippen molar-refractivity contribution in [2.75, 3.05) is 19.0 Å². The molecule has 54 heavy (non-hydrogen) atoms. The predicted molar refractivity (Wildman–Crippen MR) is 210 cm³/mol. The number of carbonyl (C=O) groups excluding carboxylic acids is 5. The van der Waals surface area contributed by atoms with Gasteiger partial charge in [0, 0.05) is 66.6 Å². The number of aromatic nitrogens is 1. The second-order valence-electron chi connectivity index (χ2n) is 16.6. The van der Waals surface area contributed by atoms with E-state index in [9.17, 15) is 24.0 Å². The maximum atomic E-state index is 14.7. The third kappa shape index (κ3) is 11.0. The SMILES string of the molecule is CCC[C@H](NC(=O)[C@@H]1C[C@](C)(Nc2cc(N=CCC=N)nc3cc(OC)ccc23)CN1C(=O)[C@@H](NC(=O)NC(C)(C)C)C(C)(C)C)C(=O)C(=O)NC1CC1. The van der Waals surface area contributed by atoms with E-state index in [0.717, 1.165) is 18.2 Å². The Kier molecular flexibility index (Phi) is 13.1. The first-order chi connectivity index (χ1) is 25.3. The average Bonchev–Trinajstić information content (AvgIpc) is 3.83. The smallest absolute Gasteiger partial charge is 0.315 e. The van der Waals surface area contributed by atoms with Crippen LogP contribution >= 0.6 is 0 Å². The van der Waals surface area contributed by atoms with Crippen LogP contribution in [0, 0.1) is 10.8 Å². The summed E-state index contributed by atoms with van der Waals surface area (Å²) in [6.45, 7) is 14.8. The summed E-state index contributed by atoms with van der Waals surface area (Å²) in [6, 6.07) is 3.50. The molecule has 1 saturated heterocycles. The second kappa shape index (κ2) is 16.9. The molecule has 15 heteroatoms. The van der Waals surface area contributed by atoms with Gasteiger partial charge in [0.2, 0.25) is 17.6 Å². The molecular weight excluding hydrogens is 690 g/mol. The third-order valence-electron chi connectivity index (χ3n) is 9.24. The lowest BCUT2D eigenvalue weighted by Gasteiger charge is -2.36. The van der Waals surface area contributed by atoms with E-state index in [-0.39, 0.29) is 25.4 Å². The van der Waals surface area contributed by atoms with Crippen molar-refractivity contribution in [2.45, 2.75) is 129 Å². The van der Waals surface area contributed by atoms with Crippen LogP contribution in [0.4, 0.5) is 16.3 Å². The minimum absolute atomic E-state index is 0.0287. The van der Waals surface area contributed by atoms with Crippen molar-refractivity contribution < 1.29 is 28.7 Å². The molecule has 0 bridgehead atoms. The van der Waals surface area contributed by atoms with Crippen molar-refractivity contribution in [3.05, 3.63) is 24.3 Å². The van der Waals surface area contributed by atoms with Crippen molar-refractivity contribution in [3.8, 4) is 5.75 Å². The number of nitrogens with one attached hydrogen (secondary N) is 6. The number of pyridine rings is 1. The lowest BCUT2D eigenvalue weighted by Crippen LogP contribution is -2.61. The number of Topliss-reactive ketones (excluding diaryl/α,β-unsaturated/α-hetero) is 1. The standard InChI is InChI=1S/C39H57N9O6/c1-10-12-26(31(49)34(51)42-23-13-14-23)44-33(50)29-21-39(8,22-48(29)35(52)32(37(2,3)4)45-36(53)47-38(5,6)7)46-28-20-30(41-18-11-17-40)43-27-19-24(54-9)15-16-25(27)28/h15-20,23,26,29,32,40H,10-14,21-22H2,1-9H3,(H,42,51)(H,43,46)(H,44,50)(H2,45,47,53)/t26-,29-,32+,39-/m0/s1. The summed E-state index contributed by atoms with van der Waals surface area (Å²) in [5, 5.41) is 23.0. The average molecular weight is 748 g/mol. The molecule has 2 heterocycles. The molecule has 4 rings (SSSR count). The van der Waals surface area contributed by atoms with Gasteiger partial charge in [-0.2, -0.15) is 0 Å². The highest BCUT2D eigenvalue weighted by atomic mass is 16.5. The van der Waals surface area contributed by atoms with Gasteiger partial charge in [-0.3, -0.25) is 19.2 Å². The van der Waals surface area contributed by atoms with E-state index in [2.05, 4.69) is 36.6 Å². The van der Waals surface area contributed by atoms with Gasteiger partial charge in [-0.1, -0.05) is 34.1 Å². The van der Waals surface area contributed by atoms with Crippen LogP contribution in [0.3, 0.4) is 0 Å². The largest absolute Gasteiger partial charge is 0.497 e. The molecule has 2 aliphatic rings. The Morgan fingerprint density at radius 2 is 1.80 bits per heavy atom. The van der Waals surface area contributed by atoms with Crippen molar-refractivity contribution in [2.24, 2.45) is 10.4 Å². The highest BCUT2D eigenvalue weighted by Crippen LogP contribution is 2.37. The van der Waals surface area contributed by atoms with Gasteiger partial charge < -0.3 is 41.6 Å². The number of urea groups is 1. The van der Waals surface area contributed by atoms with Gasteiger partial charge in [-0.15, -0.1) is 0 Å². The zero-order valence-electron chi connectivity index (χ0n) is 33.0. The first kappa shape index (κ1) is 41.7. The molecular formula is C39H57N9O6. The van der Waals surface area contributed by atoms with E-state index in [1.807, 2.05) is 67.5 Å². The summed E-state index contributed by atoms with van der Waals surface area (Å²) >= 11 is 0. The van der Waals surface area contributed by atoms with E-state index in [1.165, 1.54) is 11.1 Å². The van der Waals surface area contributed by atoms with Gasteiger partial charge in [0.1, 0.15) is 17.8 Å². The Morgan fingerprint density at radius 1 is 1.09 bits per heavy atom. The molecule has 5 amide bonds. The van der Waals surface area contributed by atoms with Crippen LogP contribution in [0.2, 0.25) is 0 Å². The summed E-state index contributed by atoms with van der Waals surface area (Å²) in [5.74, 6) is -1.52. The zero-order valence-corrected chi connectivity index (χ0v) is 33.0. The minimum Gasteiger partial charge on any atom is -0.497 e. The number of ether oxygens (including phenoxy) is 1. The predicted octanol–water partition coefficient (Wildman–Crippen LogP) is 4.40. The number of hydrogen-bond donors (Lipinski definition) is 6. The molecule has 0 radical (unpaired) electrons. The Bertz CT molecular complexity index is 1780. The summed E-state index contributed by atoms with van der Waals surface area (Å²) in [6.07, 6.45) is 5.66. The number of fused-ring (bicyclic) bond motifs is 1. The number of nitrogens with zero attached hydrogens (tertiary/aromatic N) is 3. The van der Waals surface area contributed by atoms with Crippen LogP contribution in [0.1, 0.15) is 93.9 Å². The maximum absolute atomic E-state index is 14.7. The number of methoxy groups -OCH3 is 1. The number of ketones is 1. The molecule has 1 aliphatic carbocycles. The van der Waals surface area contributed by atoms with E-state index >= 15 is 0 Å². The number of rotatable bonds is 15. The summed E-state index contributed by atoms with van der Waals surface area (Å²) in [7, 11) is 1.56. The fourth-order valence-corrected chi connectivity index (χ4v) is 6.45. The van der Waals surface area contributed by atoms with Gasteiger partial charge in [-0.05, 0) is 64.5 Å². The molecule has 1 aromatic heterocycles. The van der Waals surface area contributed by atoms with Crippen molar-refractivity contribution >= 4 is 64.4 Å². The number of hydrogen-bond acceptors (Lipinski definition) is 10. The van der Waals surface area contributed by atoms with Crippen molar-refractivity contribution in [1.29, 1.82) is 5.41 Å². The van der Waals surface area contributed by atoms with Gasteiger partial charge in [0.05, 0.1) is 24.2 Å². The number of anilines is 1. The van der Waals surface area contributed by atoms with Crippen molar-refractivity contribution in [1.82, 2.24) is 31.2 Å². The summed E-state index contributed by atoms with van der Waals surface area (Å²) in [4.78, 5) is 78.8. The topological polar surface area (TPSA) is 207 Å². The molecule has 0 unspecified atom stereocenters. The highest BCUT2D eigenvalue weighted by Gasteiger charge is 2.50. The molecule has 1 aromatic carbocycles. The number of carbonyl (C=O) groups is 5. The van der Waals surface area contributed by atoms with Crippen LogP contribution in [0.5, 0.6) is 5.75 Å². The third-order valence-corrected chi connectivity index (χ3v) is 9.24. The fourth-order valence-electron chi connectivity index (χ4n) is 6.45. The monoisotopic (exact) mass is 747 g/mol. The Morgan fingerprint density at radius 3 is 2.39 bits per heavy atom. The molecule has 2 fully saturated rings. The van der Waals surface area contributed by atoms with Gasteiger partial charge in [0.25, 0.3) is 5.91 Å². The zero-order chi connectivity index (χ0) is 40.0. The molecule has 1 saturated carbocycles. The summed E-state index contributed by atoms with van der Waals surface area (Å²) < 4.78 is 5.44. The molecule has 6 N–H and O–H groups in total. The van der Waals surface area contributed by atoms with Crippen LogP contribution in [-0.2, 0) is 19.2 Å². The number of amides is 5. The minimum atomic E-state index is -1.08. The van der Waals surface area contributed by atoms with Crippen molar-refractivity contribution in [3.63, 3.8) is 0 Å². The number of likely N-dealkylation sites (tertiary alicyclic amines) is 1. The molecule has 0 spiro atoms. The first-order valence-corrected chi connectivity index (χ1v) is 18.6. The van der Waals surface area contributed by atoms with Crippen LogP contribution in [-0.4, -0.2) is 101 Å². The molecule has 294 valence electrons. The van der Waals surface area contributed by atoms with E-state index in [1.54, 1.807) is 25.5 Å². The van der Waals surface area contributed by atoms with Gasteiger partial charge >= 0.3 is 6.03 Å². The highest BCUT2D eigenvalue weighted by molar-refractivity contribution is 6.38. The molecule has 2 aromatic rings. The molecule has 4 atom stereocenters. The number of aliphatic imine (C=N–C) groups is 1. The van der Waals surface area contributed by atoms with E-state index < -0.39 is 64.2 Å². The van der Waals surface area contributed by atoms with Crippen LogP contribution in [0.15, 0.2) is 29.3 Å². The van der Waals surface area contributed by atoms with E-state index in [0.29, 0.717) is 35.6 Å². The lowest BCUT2D eigenvalue weighted by molar-refractivity contribution is -0.144. The lowest BCUT2D eigenvalue weighted by atomic mass is 9.85. The number of benzene rings is 1. The van der Waals surface area contributed by atoms with Gasteiger partial charge in [0.15, 0.2) is 5.82 Å². The van der Waals surface area contributed by atoms with Crippen LogP contribution < -0.4 is 31.3 Å². The Balaban J connectivity index is 1.74. The Labute approximate surface area is 317 Å². The van der Waals surface area contributed by atoms with E-state index in [4.69, 9.17) is 10.1 Å². The van der Waals surface area contributed by atoms with Crippen LogP contribution in [0.25, 0.3) is 10.9 Å². The summed E-state index contributed by atoms with van der Waals surface area (Å²) in [5.41, 5.74) is -0.999. The quantitative estimate of drug-likeness (QED) is 0.113. The molecule has 1 aliphatic heterocycles. The molecule has 15 nitrogen and oxygen atoms in total. The fraction of sp³-hybridized carbons (Fsp3) is 0.590. The normalized spacial score (nSPS) is 19.9.